The van der Waals surface area contributed by atoms with E-state index in [2.05, 4.69) is 41.8 Å². The number of amides is 1. The molecule has 0 atom stereocenters. The summed E-state index contributed by atoms with van der Waals surface area (Å²) >= 11 is 0. The van der Waals surface area contributed by atoms with E-state index in [4.69, 9.17) is 0 Å². The number of hydrogen-bond donors (Lipinski definition) is 2. The SMILES string of the molecule is CNC(=O)c1cccc(NCc2cccc(C)c2)c1C. The molecular formula is C17H20N2O. The Morgan fingerprint density at radius 1 is 1.10 bits per heavy atom. The van der Waals surface area contributed by atoms with Crippen LogP contribution in [0.1, 0.15) is 27.0 Å². The second kappa shape index (κ2) is 6.24. The van der Waals surface area contributed by atoms with Crippen molar-refractivity contribution in [2.45, 2.75) is 20.4 Å². The van der Waals surface area contributed by atoms with Gasteiger partial charge >= 0.3 is 0 Å². The molecule has 104 valence electrons. The van der Waals surface area contributed by atoms with Crippen LogP contribution < -0.4 is 10.6 Å². The molecule has 20 heavy (non-hydrogen) atoms. The number of carbonyl (C=O) groups is 1. The second-order valence-electron chi connectivity index (χ2n) is 4.90. The quantitative estimate of drug-likeness (QED) is 0.893. The number of rotatable bonds is 4. The van der Waals surface area contributed by atoms with Crippen LogP contribution in [-0.2, 0) is 6.54 Å². The molecule has 0 aliphatic rings. The average molecular weight is 268 g/mol. The average Bonchev–Trinajstić information content (AvgIpc) is 2.45. The highest BCUT2D eigenvalue weighted by Crippen LogP contribution is 2.19. The first-order valence-electron chi connectivity index (χ1n) is 6.73. The lowest BCUT2D eigenvalue weighted by molar-refractivity contribution is 0.0962. The third-order valence-corrected chi connectivity index (χ3v) is 3.37. The smallest absolute Gasteiger partial charge is 0.251 e. The van der Waals surface area contributed by atoms with E-state index in [-0.39, 0.29) is 5.91 Å². The molecule has 3 heteroatoms. The van der Waals surface area contributed by atoms with Gasteiger partial charge in [-0.1, -0.05) is 35.9 Å². The highest BCUT2D eigenvalue weighted by Gasteiger charge is 2.09. The molecule has 2 rings (SSSR count). The second-order valence-corrected chi connectivity index (χ2v) is 4.90. The first-order valence-corrected chi connectivity index (χ1v) is 6.73. The highest BCUT2D eigenvalue weighted by atomic mass is 16.1. The molecule has 0 aliphatic carbocycles. The third-order valence-electron chi connectivity index (χ3n) is 3.37. The lowest BCUT2D eigenvalue weighted by Gasteiger charge is -2.13. The van der Waals surface area contributed by atoms with E-state index in [0.29, 0.717) is 5.56 Å². The van der Waals surface area contributed by atoms with Gasteiger partial charge in [-0.05, 0) is 37.1 Å². The van der Waals surface area contributed by atoms with E-state index < -0.39 is 0 Å². The van der Waals surface area contributed by atoms with Crippen molar-refractivity contribution in [1.29, 1.82) is 0 Å². The molecule has 0 fully saturated rings. The molecule has 0 aromatic heterocycles. The van der Waals surface area contributed by atoms with Crippen LogP contribution in [0.5, 0.6) is 0 Å². The molecule has 2 aromatic rings. The first-order chi connectivity index (χ1) is 9.61. The summed E-state index contributed by atoms with van der Waals surface area (Å²) in [6.07, 6.45) is 0. The predicted molar refractivity (Wildman–Crippen MR) is 83.1 cm³/mol. The maximum absolute atomic E-state index is 11.8. The fourth-order valence-corrected chi connectivity index (χ4v) is 2.23. The molecule has 1 amide bonds. The van der Waals surface area contributed by atoms with Crippen LogP contribution in [0.3, 0.4) is 0 Å². The van der Waals surface area contributed by atoms with Crippen molar-refractivity contribution < 1.29 is 4.79 Å². The van der Waals surface area contributed by atoms with Gasteiger partial charge in [0.15, 0.2) is 0 Å². The zero-order valence-electron chi connectivity index (χ0n) is 12.2. The van der Waals surface area contributed by atoms with Crippen molar-refractivity contribution in [2.75, 3.05) is 12.4 Å². The minimum Gasteiger partial charge on any atom is -0.381 e. The molecule has 0 saturated heterocycles. The lowest BCUT2D eigenvalue weighted by atomic mass is 10.1. The molecule has 0 radical (unpaired) electrons. The van der Waals surface area contributed by atoms with Gasteiger partial charge in [0.1, 0.15) is 0 Å². The Morgan fingerprint density at radius 2 is 1.85 bits per heavy atom. The summed E-state index contributed by atoms with van der Waals surface area (Å²) in [6.45, 7) is 4.80. The van der Waals surface area contributed by atoms with Crippen molar-refractivity contribution in [1.82, 2.24) is 5.32 Å². The summed E-state index contributed by atoms with van der Waals surface area (Å²) in [5.74, 6) is -0.0540. The molecule has 3 nitrogen and oxygen atoms in total. The Balaban J connectivity index is 2.16. The number of nitrogens with one attached hydrogen (secondary N) is 2. The standard InChI is InChI=1S/C17H20N2O/c1-12-6-4-7-14(10-12)11-19-16-9-5-8-15(13(16)2)17(20)18-3/h4-10,19H,11H2,1-3H3,(H,18,20). The van der Waals surface area contributed by atoms with Gasteiger partial charge in [0, 0.05) is 24.8 Å². The normalized spacial score (nSPS) is 10.2. The Hall–Kier alpha value is -2.29. The predicted octanol–water partition coefficient (Wildman–Crippen LogP) is 3.28. The van der Waals surface area contributed by atoms with Gasteiger partial charge in [0.2, 0.25) is 0 Å². The van der Waals surface area contributed by atoms with Crippen LogP contribution in [0, 0.1) is 13.8 Å². The van der Waals surface area contributed by atoms with Crippen molar-refractivity contribution in [3.8, 4) is 0 Å². The summed E-state index contributed by atoms with van der Waals surface area (Å²) in [4.78, 5) is 11.8. The zero-order chi connectivity index (χ0) is 14.5. The van der Waals surface area contributed by atoms with Crippen LogP contribution in [0.2, 0.25) is 0 Å². The molecule has 0 spiro atoms. The van der Waals surface area contributed by atoms with Crippen molar-refractivity contribution in [3.05, 3.63) is 64.7 Å². The monoisotopic (exact) mass is 268 g/mol. The Bertz CT molecular complexity index is 620. The van der Waals surface area contributed by atoms with Gasteiger partial charge < -0.3 is 10.6 Å². The minimum atomic E-state index is -0.0540. The van der Waals surface area contributed by atoms with Crippen LogP contribution in [-0.4, -0.2) is 13.0 Å². The summed E-state index contributed by atoms with van der Waals surface area (Å²) in [5, 5.41) is 6.06. The van der Waals surface area contributed by atoms with Crippen molar-refractivity contribution in [3.63, 3.8) is 0 Å². The van der Waals surface area contributed by atoms with E-state index in [9.17, 15) is 4.79 Å². The van der Waals surface area contributed by atoms with E-state index >= 15 is 0 Å². The Labute approximate surface area is 120 Å². The lowest BCUT2D eigenvalue weighted by Crippen LogP contribution is -2.19. The molecule has 2 N–H and O–H groups in total. The topological polar surface area (TPSA) is 41.1 Å². The summed E-state index contributed by atoms with van der Waals surface area (Å²) in [5.41, 5.74) is 5.16. The van der Waals surface area contributed by atoms with Gasteiger partial charge in [-0.3, -0.25) is 4.79 Å². The Morgan fingerprint density at radius 3 is 2.55 bits per heavy atom. The van der Waals surface area contributed by atoms with Crippen LogP contribution >= 0.6 is 0 Å². The number of benzene rings is 2. The Kier molecular flexibility index (Phi) is 4.41. The van der Waals surface area contributed by atoms with E-state index in [1.807, 2.05) is 25.1 Å². The molecule has 0 unspecified atom stereocenters. The van der Waals surface area contributed by atoms with Gasteiger partial charge in [0.05, 0.1) is 0 Å². The van der Waals surface area contributed by atoms with Gasteiger partial charge in [-0.2, -0.15) is 0 Å². The van der Waals surface area contributed by atoms with Crippen LogP contribution in [0.4, 0.5) is 5.69 Å². The largest absolute Gasteiger partial charge is 0.381 e. The van der Waals surface area contributed by atoms with Crippen molar-refractivity contribution in [2.24, 2.45) is 0 Å². The van der Waals surface area contributed by atoms with E-state index in [1.165, 1.54) is 11.1 Å². The van der Waals surface area contributed by atoms with Crippen LogP contribution in [0.15, 0.2) is 42.5 Å². The summed E-state index contributed by atoms with van der Waals surface area (Å²) < 4.78 is 0. The first kappa shape index (κ1) is 14.1. The number of aryl methyl sites for hydroxylation is 1. The molecule has 0 bridgehead atoms. The number of anilines is 1. The fraction of sp³-hybridized carbons (Fsp3) is 0.235. The van der Waals surface area contributed by atoms with Gasteiger partial charge in [0.25, 0.3) is 5.91 Å². The van der Waals surface area contributed by atoms with Gasteiger partial charge in [-0.25, -0.2) is 0 Å². The molecular weight excluding hydrogens is 248 g/mol. The number of carbonyl (C=O) groups excluding carboxylic acids is 1. The maximum atomic E-state index is 11.8. The fourth-order valence-electron chi connectivity index (χ4n) is 2.23. The van der Waals surface area contributed by atoms with Crippen LogP contribution in [0.25, 0.3) is 0 Å². The van der Waals surface area contributed by atoms with E-state index in [1.54, 1.807) is 7.05 Å². The maximum Gasteiger partial charge on any atom is 0.251 e. The van der Waals surface area contributed by atoms with E-state index in [0.717, 1.165) is 17.8 Å². The molecule has 0 saturated carbocycles. The molecule has 2 aromatic carbocycles. The minimum absolute atomic E-state index is 0.0540. The molecule has 0 heterocycles. The highest BCUT2D eigenvalue weighted by molar-refractivity contribution is 5.96. The van der Waals surface area contributed by atoms with Gasteiger partial charge in [-0.15, -0.1) is 0 Å². The number of hydrogen-bond acceptors (Lipinski definition) is 2. The zero-order valence-corrected chi connectivity index (χ0v) is 12.2. The molecule has 0 aliphatic heterocycles. The third kappa shape index (κ3) is 3.18. The summed E-state index contributed by atoms with van der Waals surface area (Å²) in [6, 6.07) is 14.1. The van der Waals surface area contributed by atoms with Crippen molar-refractivity contribution >= 4 is 11.6 Å². The summed E-state index contributed by atoms with van der Waals surface area (Å²) in [7, 11) is 1.65.